The Labute approximate surface area is 198 Å². The van der Waals surface area contributed by atoms with Gasteiger partial charge in [0.2, 0.25) is 0 Å². The molecule has 0 unspecified atom stereocenters. The van der Waals surface area contributed by atoms with Crippen LogP contribution in [0.4, 0.5) is 0 Å². The predicted octanol–water partition coefficient (Wildman–Crippen LogP) is 1.32. The van der Waals surface area contributed by atoms with E-state index in [2.05, 4.69) is 6.92 Å². The van der Waals surface area contributed by atoms with Crippen molar-refractivity contribution in [1.82, 2.24) is 0 Å². The summed E-state index contributed by atoms with van der Waals surface area (Å²) in [5.74, 6) is -0.0119. The van der Waals surface area contributed by atoms with Gasteiger partial charge in [-0.25, -0.2) is 0 Å². The van der Waals surface area contributed by atoms with E-state index in [4.69, 9.17) is 4.74 Å². The average molecular weight is 403 g/mol. The minimum absolute atomic E-state index is 0. The molecule has 0 radical (unpaired) electrons. The minimum atomic E-state index is -4.43. The van der Waals surface area contributed by atoms with Gasteiger partial charge < -0.3 is 9.84 Å². The third-order valence-electron chi connectivity index (χ3n) is 3.89. The zero-order valence-electron chi connectivity index (χ0n) is 15.3. The standard InChI is InChI=1S/C19H24O5S.K/c1-2-3-4-5-6-8-15-11-12-18(19(13-15)25(21,22)23)24-17-10-7-9-16(20)14-17;/h7,9-14,20H,2-6,8H2,1H3,(H,21,22,23);/q;+1/p-1. The van der Waals surface area contributed by atoms with Crippen molar-refractivity contribution in [2.24, 2.45) is 0 Å². The Balaban J connectivity index is 0.00000338. The van der Waals surface area contributed by atoms with Crippen molar-refractivity contribution in [2.45, 2.75) is 50.3 Å². The maximum atomic E-state index is 11.7. The predicted molar refractivity (Wildman–Crippen MR) is 94.7 cm³/mol. The van der Waals surface area contributed by atoms with Crippen molar-refractivity contribution in [3.8, 4) is 17.2 Å². The molecule has 2 aromatic rings. The SMILES string of the molecule is CCCCCCCc1ccc(Oc2cccc([O-])c2)c(S(=O)(=O)O)c1.[K+]. The van der Waals surface area contributed by atoms with Gasteiger partial charge >= 0.3 is 51.4 Å². The van der Waals surface area contributed by atoms with Gasteiger partial charge in [0.15, 0.2) is 0 Å². The third kappa shape index (κ3) is 7.68. The fourth-order valence-electron chi connectivity index (χ4n) is 2.59. The second kappa shape index (κ2) is 11.4. The van der Waals surface area contributed by atoms with Crippen molar-refractivity contribution in [2.75, 3.05) is 0 Å². The molecule has 0 heterocycles. The van der Waals surface area contributed by atoms with Gasteiger partial charge in [-0.1, -0.05) is 50.8 Å². The van der Waals surface area contributed by atoms with Gasteiger partial charge in [0, 0.05) is 0 Å². The van der Waals surface area contributed by atoms with Crippen molar-refractivity contribution in [3.63, 3.8) is 0 Å². The maximum absolute atomic E-state index is 11.7. The summed E-state index contributed by atoms with van der Waals surface area (Å²) in [7, 11) is -4.43. The Hall–Kier alpha value is -0.414. The molecular formula is C19H23KO5S. The monoisotopic (exact) mass is 402 g/mol. The van der Waals surface area contributed by atoms with Crippen LogP contribution in [0.2, 0.25) is 0 Å². The van der Waals surface area contributed by atoms with Crippen LogP contribution in [0.5, 0.6) is 17.2 Å². The van der Waals surface area contributed by atoms with Gasteiger partial charge in [0.25, 0.3) is 10.1 Å². The van der Waals surface area contributed by atoms with Gasteiger partial charge in [-0.3, -0.25) is 4.55 Å². The van der Waals surface area contributed by atoms with Crippen molar-refractivity contribution < 1.29 is 74.2 Å². The molecule has 0 aliphatic heterocycles. The van der Waals surface area contributed by atoms with Crippen molar-refractivity contribution >= 4 is 10.1 Å². The molecule has 0 atom stereocenters. The molecule has 0 saturated heterocycles. The van der Waals surface area contributed by atoms with Crippen LogP contribution in [0.1, 0.15) is 44.6 Å². The molecule has 0 amide bonds. The summed E-state index contributed by atoms with van der Waals surface area (Å²) >= 11 is 0. The number of aryl methyl sites for hydroxylation is 1. The topological polar surface area (TPSA) is 86.7 Å². The molecule has 2 rings (SSSR count). The summed E-state index contributed by atoms with van der Waals surface area (Å²) in [6, 6.07) is 10.4. The Morgan fingerprint density at radius 1 is 1.04 bits per heavy atom. The molecule has 0 bridgehead atoms. The first-order chi connectivity index (χ1) is 11.9. The second-order valence-corrected chi connectivity index (χ2v) is 7.39. The maximum Gasteiger partial charge on any atom is 1.00 e. The zero-order chi connectivity index (χ0) is 18.3. The summed E-state index contributed by atoms with van der Waals surface area (Å²) in [5, 5.41) is 11.4. The number of unbranched alkanes of at least 4 members (excludes halogenated alkanes) is 4. The van der Waals surface area contributed by atoms with Gasteiger partial charge in [-0.2, -0.15) is 8.42 Å². The summed E-state index contributed by atoms with van der Waals surface area (Å²) in [5.41, 5.74) is 0.828. The Bertz CT molecular complexity index is 805. The summed E-state index contributed by atoms with van der Waals surface area (Å²) in [6.07, 6.45) is 6.31. The van der Waals surface area contributed by atoms with E-state index in [1.54, 1.807) is 12.1 Å². The fraction of sp³-hybridized carbons (Fsp3) is 0.368. The van der Waals surface area contributed by atoms with Crippen molar-refractivity contribution in [1.29, 1.82) is 0 Å². The quantitative estimate of drug-likeness (QED) is 0.388. The molecule has 1 N–H and O–H groups in total. The number of ether oxygens (including phenoxy) is 1. The van der Waals surface area contributed by atoms with Crippen LogP contribution >= 0.6 is 0 Å². The van der Waals surface area contributed by atoms with E-state index in [1.165, 1.54) is 43.2 Å². The Morgan fingerprint density at radius 3 is 2.42 bits per heavy atom. The van der Waals surface area contributed by atoms with Gasteiger partial charge in [-0.05, 0) is 42.7 Å². The smallest absolute Gasteiger partial charge is 0.872 e. The van der Waals surface area contributed by atoms with Gasteiger partial charge in [0.1, 0.15) is 16.4 Å². The summed E-state index contributed by atoms with van der Waals surface area (Å²) < 4.78 is 38.4. The molecule has 0 spiro atoms. The number of hydrogen-bond donors (Lipinski definition) is 1. The average Bonchev–Trinajstić information content (AvgIpc) is 2.55. The van der Waals surface area contributed by atoms with Crippen LogP contribution in [0, 0.1) is 0 Å². The Morgan fingerprint density at radius 2 is 1.77 bits per heavy atom. The van der Waals surface area contributed by atoms with E-state index < -0.39 is 10.1 Å². The van der Waals surface area contributed by atoms with Crippen LogP contribution in [-0.4, -0.2) is 13.0 Å². The van der Waals surface area contributed by atoms with Crippen LogP contribution in [-0.2, 0) is 16.5 Å². The molecule has 136 valence electrons. The summed E-state index contributed by atoms with van der Waals surface area (Å²) in [6.45, 7) is 2.15. The number of rotatable bonds is 9. The first-order valence-corrected chi connectivity index (χ1v) is 9.89. The van der Waals surface area contributed by atoms with E-state index >= 15 is 0 Å². The first-order valence-electron chi connectivity index (χ1n) is 8.45. The molecular weight excluding hydrogens is 379 g/mol. The second-order valence-electron chi connectivity index (χ2n) is 6.00. The molecule has 5 nitrogen and oxygen atoms in total. The Kier molecular flexibility index (Phi) is 10.4. The molecule has 26 heavy (non-hydrogen) atoms. The van der Waals surface area contributed by atoms with Gasteiger partial charge in [0.05, 0.1) is 0 Å². The van der Waals surface area contributed by atoms with Gasteiger partial charge in [-0.15, -0.1) is 5.75 Å². The first kappa shape index (κ1) is 23.6. The van der Waals surface area contributed by atoms with Crippen LogP contribution in [0.25, 0.3) is 0 Å². The number of benzene rings is 2. The van der Waals surface area contributed by atoms with Crippen LogP contribution in [0.15, 0.2) is 47.4 Å². The molecule has 0 aliphatic carbocycles. The molecule has 0 aromatic heterocycles. The number of hydrogen-bond acceptors (Lipinski definition) is 4. The molecule has 7 heteroatoms. The van der Waals surface area contributed by atoms with Crippen molar-refractivity contribution in [3.05, 3.63) is 48.0 Å². The van der Waals surface area contributed by atoms with E-state index in [0.717, 1.165) is 31.2 Å². The third-order valence-corrected chi connectivity index (χ3v) is 4.76. The largest absolute Gasteiger partial charge is 1.00 e. The summed E-state index contributed by atoms with van der Waals surface area (Å²) in [4.78, 5) is -0.283. The molecule has 0 saturated carbocycles. The van der Waals surface area contributed by atoms with E-state index in [1.807, 2.05) is 0 Å². The molecule has 0 fully saturated rings. The normalized spacial score (nSPS) is 11.0. The van der Waals surface area contributed by atoms with Crippen LogP contribution < -0.4 is 61.2 Å². The van der Waals surface area contributed by atoms with Crippen LogP contribution in [0.3, 0.4) is 0 Å². The molecule has 2 aromatic carbocycles. The zero-order valence-corrected chi connectivity index (χ0v) is 19.2. The van der Waals surface area contributed by atoms with E-state index in [-0.39, 0.29) is 73.5 Å². The molecule has 0 aliphatic rings. The van der Waals surface area contributed by atoms with E-state index in [9.17, 15) is 18.1 Å². The minimum Gasteiger partial charge on any atom is -0.872 e. The fourth-order valence-corrected chi connectivity index (χ4v) is 3.26. The van der Waals surface area contributed by atoms with E-state index in [0.29, 0.717) is 0 Å².